The monoisotopic (exact) mass is 268 g/mol. The number of ether oxygens (including phenoxy) is 2. The summed E-state index contributed by atoms with van der Waals surface area (Å²) in [5.41, 5.74) is 0. The fourth-order valence-electron chi connectivity index (χ4n) is 2.69. The maximum Gasteiger partial charge on any atom is 0.249 e. The topological polar surface area (TPSA) is 18.5 Å². The van der Waals surface area contributed by atoms with Crippen LogP contribution in [0.25, 0.3) is 0 Å². The molecule has 0 aliphatic carbocycles. The summed E-state index contributed by atoms with van der Waals surface area (Å²) in [5, 5.41) is 0. The summed E-state index contributed by atoms with van der Waals surface area (Å²) in [6, 6.07) is 0. The molecule has 0 aromatic carbocycles. The first-order valence-electron chi connectivity index (χ1n) is 8.33. The minimum Gasteiger partial charge on any atom is -0.457 e. The van der Waals surface area contributed by atoms with E-state index in [2.05, 4.69) is 13.8 Å². The molecular weight excluding hydrogens is 236 g/mol. The lowest BCUT2D eigenvalue weighted by Gasteiger charge is -2.28. The number of unbranched alkanes of at least 4 members (excludes halogenated alkanes) is 8. The number of hydrogen-bond donors (Lipinski definition) is 0. The van der Waals surface area contributed by atoms with Crippen molar-refractivity contribution in [2.75, 3.05) is 0 Å². The van der Waals surface area contributed by atoms with Crippen LogP contribution in [0.15, 0.2) is 12.5 Å². The minimum absolute atomic E-state index is 0.321. The zero-order valence-corrected chi connectivity index (χ0v) is 13.0. The summed E-state index contributed by atoms with van der Waals surface area (Å²) >= 11 is 0. The van der Waals surface area contributed by atoms with Crippen LogP contribution in [-0.2, 0) is 9.47 Å². The van der Waals surface area contributed by atoms with Crippen LogP contribution in [-0.4, -0.2) is 5.79 Å². The largest absolute Gasteiger partial charge is 0.457 e. The average molecular weight is 268 g/mol. The highest BCUT2D eigenvalue weighted by atomic mass is 16.7. The Morgan fingerprint density at radius 2 is 1.05 bits per heavy atom. The van der Waals surface area contributed by atoms with Gasteiger partial charge in [0.15, 0.2) is 0 Å². The summed E-state index contributed by atoms with van der Waals surface area (Å²) in [7, 11) is 0. The van der Waals surface area contributed by atoms with Crippen LogP contribution in [0.1, 0.15) is 90.9 Å². The quantitative estimate of drug-likeness (QED) is 0.409. The molecule has 1 rings (SSSR count). The van der Waals surface area contributed by atoms with Crippen molar-refractivity contribution in [1.29, 1.82) is 0 Å². The second-order valence-electron chi connectivity index (χ2n) is 5.75. The van der Waals surface area contributed by atoms with Gasteiger partial charge in [0, 0.05) is 12.8 Å². The fraction of sp³-hybridized carbons (Fsp3) is 0.882. The van der Waals surface area contributed by atoms with Crippen LogP contribution < -0.4 is 0 Å². The smallest absolute Gasteiger partial charge is 0.249 e. The Labute approximate surface area is 119 Å². The van der Waals surface area contributed by atoms with E-state index in [1.807, 2.05) is 0 Å². The molecule has 1 aliphatic rings. The molecule has 112 valence electrons. The van der Waals surface area contributed by atoms with Gasteiger partial charge in [0.2, 0.25) is 5.79 Å². The number of rotatable bonds is 12. The van der Waals surface area contributed by atoms with E-state index in [0.717, 1.165) is 12.8 Å². The maximum absolute atomic E-state index is 5.75. The second-order valence-corrected chi connectivity index (χ2v) is 5.75. The van der Waals surface area contributed by atoms with Gasteiger partial charge in [-0.05, 0) is 12.8 Å². The van der Waals surface area contributed by atoms with Gasteiger partial charge in [0.1, 0.15) is 12.5 Å². The van der Waals surface area contributed by atoms with Crippen LogP contribution in [0.5, 0.6) is 0 Å². The highest BCUT2D eigenvalue weighted by Gasteiger charge is 2.34. The predicted molar refractivity (Wildman–Crippen MR) is 80.8 cm³/mol. The van der Waals surface area contributed by atoms with Gasteiger partial charge in [-0.15, -0.1) is 0 Å². The molecule has 0 saturated heterocycles. The van der Waals surface area contributed by atoms with Crippen molar-refractivity contribution in [3.63, 3.8) is 0 Å². The Morgan fingerprint density at radius 1 is 0.632 bits per heavy atom. The van der Waals surface area contributed by atoms with E-state index in [1.165, 1.54) is 64.2 Å². The van der Waals surface area contributed by atoms with E-state index in [1.54, 1.807) is 12.5 Å². The Bertz CT molecular complexity index is 227. The SMILES string of the molecule is CCCCCCCCC1(CCCCCC)OC=CO1. The molecule has 1 aliphatic heterocycles. The third-order valence-corrected chi connectivity index (χ3v) is 3.94. The first-order valence-corrected chi connectivity index (χ1v) is 8.33. The second kappa shape index (κ2) is 10.2. The van der Waals surface area contributed by atoms with Crippen LogP contribution in [0.2, 0.25) is 0 Å². The third kappa shape index (κ3) is 6.89. The van der Waals surface area contributed by atoms with Crippen molar-refractivity contribution in [3.8, 4) is 0 Å². The zero-order valence-electron chi connectivity index (χ0n) is 13.0. The molecule has 0 saturated carbocycles. The molecule has 0 radical (unpaired) electrons. The lowest BCUT2D eigenvalue weighted by molar-refractivity contribution is -0.153. The van der Waals surface area contributed by atoms with Gasteiger partial charge in [-0.1, -0.05) is 65.2 Å². The molecule has 19 heavy (non-hydrogen) atoms. The average Bonchev–Trinajstić information content (AvgIpc) is 2.88. The molecule has 0 amide bonds. The van der Waals surface area contributed by atoms with Gasteiger partial charge in [0.05, 0.1) is 0 Å². The molecule has 0 unspecified atom stereocenters. The van der Waals surface area contributed by atoms with E-state index in [9.17, 15) is 0 Å². The molecule has 1 heterocycles. The first kappa shape index (κ1) is 16.4. The standard InChI is InChI=1S/C17H32O2/c1-3-5-7-9-10-12-14-17(18-15-16-19-17)13-11-8-6-4-2/h15-16H,3-14H2,1-2H3. The van der Waals surface area contributed by atoms with Gasteiger partial charge >= 0.3 is 0 Å². The van der Waals surface area contributed by atoms with E-state index in [-0.39, 0.29) is 5.79 Å². The summed E-state index contributed by atoms with van der Waals surface area (Å²) in [6.07, 6.45) is 18.6. The molecule has 0 spiro atoms. The van der Waals surface area contributed by atoms with Gasteiger partial charge in [0.25, 0.3) is 0 Å². The molecule has 2 heteroatoms. The Balaban J connectivity index is 2.13. The summed E-state index contributed by atoms with van der Waals surface area (Å²) in [6.45, 7) is 4.51. The van der Waals surface area contributed by atoms with Gasteiger partial charge in [-0.25, -0.2) is 0 Å². The first-order chi connectivity index (χ1) is 9.33. The van der Waals surface area contributed by atoms with Crippen LogP contribution in [0.4, 0.5) is 0 Å². The van der Waals surface area contributed by atoms with Crippen molar-refractivity contribution in [2.45, 2.75) is 96.7 Å². The highest BCUT2D eigenvalue weighted by molar-refractivity contribution is 4.83. The highest BCUT2D eigenvalue weighted by Crippen LogP contribution is 2.32. The molecule has 0 bridgehead atoms. The Hall–Kier alpha value is -0.660. The van der Waals surface area contributed by atoms with E-state index < -0.39 is 0 Å². The van der Waals surface area contributed by atoms with Crippen LogP contribution in [0, 0.1) is 0 Å². The molecule has 0 atom stereocenters. The molecule has 2 nitrogen and oxygen atoms in total. The van der Waals surface area contributed by atoms with E-state index in [0.29, 0.717) is 0 Å². The third-order valence-electron chi connectivity index (χ3n) is 3.94. The maximum atomic E-state index is 5.75. The molecule has 0 aromatic heterocycles. The molecular formula is C17H32O2. The molecule has 0 aromatic rings. The van der Waals surface area contributed by atoms with Gasteiger partial charge in [-0.2, -0.15) is 0 Å². The van der Waals surface area contributed by atoms with Gasteiger partial charge in [-0.3, -0.25) is 0 Å². The summed E-state index contributed by atoms with van der Waals surface area (Å²) < 4.78 is 11.5. The van der Waals surface area contributed by atoms with Crippen molar-refractivity contribution in [3.05, 3.63) is 12.5 Å². The van der Waals surface area contributed by atoms with Crippen molar-refractivity contribution in [2.24, 2.45) is 0 Å². The van der Waals surface area contributed by atoms with E-state index >= 15 is 0 Å². The normalized spacial score (nSPS) is 16.3. The number of hydrogen-bond acceptors (Lipinski definition) is 2. The molecule has 0 fully saturated rings. The van der Waals surface area contributed by atoms with Crippen molar-refractivity contribution < 1.29 is 9.47 Å². The minimum atomic E-state index is -0.321. The Morgan fingerprint density at radius 3 is 1.58 bits per heavy atom. The van der Waals surface area contributed by atoms with Crippen molar-refractivity contribution in [1.82, 2.24) is 0 Å². The Kier molecular flexibility index (Phi) is 8.77. The zero-order chi connectivity index (χ0) is 13.8. The van der Waals surface area contributed by atoms with Crippen molar-refractivity contribution >= 4 is 0 Å². The lowest BCUT2D eigenvalue weighted by atomic mass is 9.99. The lowest BCUT2D eigenvalue weighted by Crippen LogP contribution is -2.29. The predicted octanol–water partition coefficient (Wildman–Crippen LogP) is 5.92. The summed E-state index contributed by atoms with van der Waals surface area (Å²) in [5.74, 6) is -0.321. The molecule has 0 N–H and O–H groups in total. The van der Waals surface area contributed by atoms with E-state index in [4.69, 9.17) is 9.47 Å². The van der Waals surface area contributed by atoms with Crippen LogP contribution >= 0.6 is 0 Å². The fourth-order valence-corrected chi connectivity index (χ4v) is 2.69. The summed E-state index contributed by atoms with van der Waals surface area (Å²) in [4.78, 5) is 0. The van der Waals surface area contributed by atoms with Crippen LogP contribution in [0.3, 0.4) is 0 Å². The van der Waals surface area contributed by atoms with Gasteiger partial charge < -0.3 is 9.47 Å².